The van der Waals surface area contributed by atoms with Gasteiger partial charge in [0, 0.05) is 56.7 Å². The maximum absolute atomic E-state index is 13.3. The lowest BCUT2D eigenvalue weighted by molar-refractivity contribution is -0.253. The van der Waals surface area contributed by atoms with Gasteiger partial charge in [-0.1, -0.05) is 78.9 Å². The van der Waals surface area contributed by atoms with Crippen molar-refractivity contribution in [3.63, 3.8) is 0 Å². The fourth-order valence-electron chi connectivity index (χ4n) is 7.94. The summed E-state index contributed by atoms with van der Waals surface area (Å²) in [5, 5.41) is 24.3. The van der Waals surface area contributed by atoms with E-state index in [0.717, 1.165) is 65.0 Å². The summed E-state index contributed by atoms with van der Waals surface area (Å²) >= 11 is 0. The van der Waals surface area contributed by atoms with Crippen LogP contribution in [0.2, 0.25) is 0 Å². The summed E-state index contributed by atoms with van der Waals surface area (Å²) < 4.78 is 13.4. The van der Waals surface area contributed by atoms with E-state index >= 15 is 0 Å². The van der Waals surface area contributed by atoms with Gasteiger partial charge in [-0.05, 0) is 71.3 Å². The second kappa shape index (κ2) is 17.6. The Morgan fingerprint density at radius 2 is 1.55 bits per heavy atom. The van der Waals surface area contributed by atoms with Gasteiger partial charge < -0.3 is 35.0 Å². The lowest BCUT2D eigenvalue weighted by Gasteiger charge is -2.45. The van der Waals surface area contributed by atoms with Crippen LogP contribution in [-0.2, 0) is 37.0 Å². The third kappa shape index (κ3) is 9.07. The first-order chi connectivity index (χ1) is 26.8. The second-order valence-electron chi connectivity index (χ2n) is 14.6. The zero-order valence-corrected chi connectivity index (χ0v) is 30.9. The third-order valence-corrected chi connectivity index (χ3v) is 11.0. The van der Waals surface area contributed by atoms with Gasteiger partial charge in [0.1, 0.15) is 5.54 Å². The number of anilines is 1. The molecule has 3 saturated heterocycles. The number of nitrogens with zero attached hydrogens (tertiary/aromatic N) is 2. The monoisotopic (exact) mass is 747 g/mol. The standard InChI is InChI=1S/C43H49N5O7/c49-28-30-15-17-32(18-16-30)38-25-37(27-47-21-19-43(20-22-47)42(52)45-29-48(43)36-11-2-1-3-12-36)54-41(55-38)35-10-5-9-34(24-35)33-8-4-7-31(23-33)26-44-39(50)13-6-14-40(51)46-53/h1-5,7-12,15-18,23-24,37-38,41,49,53H,6,13-14,19-22,25-29H2,(H,44,50)(H,45,52)(H,46,51)/t37-,38+,41+/m0/s1. The van der Waals surface area contributed by atoms with Crippen LogP contribution >= 0.6 is 0 Å². The number of carbonyl (C=O) groups is 3. The van der Waals surface area contributed by atoms with Gasteiger partial charge in [0.2, 0.25) is 17.7 Å². The topological polar surface area (TPSA) is 153 Å². The Labute approximate surface area is 321 Å². The van der Waals surface area contributed by atoms with Crippen molar-refractivity contribution in [3.8, 4) is 11.1 Å². The summed E-state index contributed by atoms with van der Waals surface area (Å²) in [6.07, 6.45) is 1.73. The number of aliphatic hydroxyl groups is 1. The number of likely N-dealkylation sites (tertiary alicyclic amines) is 1. The van der Waals surface area contributed by atoms with Crippen molar-refractivity contribution in [3.05, 3.63) is 125 Å². The Bertz CT molecular complexity index is 1930. The molecule has 0 saturated carbocycles. The molecular formula is C43H49N5O7. The number of hydrogen-bond acceptors (Lipinski definition) is 9. The first kappa shape index (κ1) is 38.2. The van der Waals surface area contributed by atoms with Gasteiger partial charge in [0.05, 0.1) is 25.5 Å². The molecule has 1 spiro atoms. The van der Waals surface area contributed by atoms with Crippen LogP contribution in [0.4, 0.5) is 5.69 Å². The van der Waals surface area contributed by atoms with E-state index in [0.29, 0.717) is 32.6 Å². The highest BCUT2D eigenvalue weighted by atomic mass is 16.7. The normalized spacial score (nSPS) is 20.9. The molecule has 0 aromatic heterocycles. The molecule has 12 nitrogen and oxygen atoms in total. The molecule has 3 aliphatic rings. The summed E-state index contributed by atoms with van der Waals surface area (Å²) in [5.74, 6) is -0.578. The van der Waals surface area contributed by atoms with Crippen LogP contribution in [0.5, 0.6) is 0 Å². The number of hydroxylamine groups is 1. The van der Waals surface area contributed by atoms with Crippen LogP contribution in [0.1, 0.15) is 73.2 Å². The van der Waals surface area contributed by atoms with Gasteiger partial charge in [-0.2, -0.15) is 0 Å². The van der Waals surface area contributed by atoms with E-state index in [2.05, 4.69) is 38.6 Å². The van der Waals surface area contributed by atoms with Gasteiger partial charge in [-0.3, -0.25) is 19.6 Å². The van der Waals surface area contributed by atoms with Gasteiger partial charge in [-0.25, -0.2) is 5.48 Å². The highest BCUT2D eigenvalue weighted by Gasteiger charge is 2.50. The predicted molar refractivity (Wildman–Crippen MR) is 206 cm³/mol. The Hall–Kier alpha value is -5.11. The van der Waals surface area contributed by atoms with Crippen molar-refractivity contribution in [2.24, 2.45) is 0 Å². The fraction of sp³-hybridized carbons (Fsp3) is 0.372. The quantitative estimate of drug-likeness (QED) is 0.0928. The number of ether oxygens (including phenoxy) is 2. The molecule has 0 bridgehead atoms. The largest absolute Gasteiger partial charge is 0.392 e. The highest BCUT2D eigenvalue weighted by molar-refractivity contribution is 5.93. The van der Waals surface area contributed by atoms with Crippen molar-refractivity contribution < 1.29 is 34.2 Å². The van der Waals surface area contributed by atoms with Crippen molar-refractivity contribution >= 4 is 23.4 Å². The molecule has 3 atom stereocenters. The number of benzene rings is 4. The second-order valence-corrected chi connectivity index (χ2v) is 14.6. The van der Waals surface area contributed by atoms with E-state index in [1.165, 1.54) is 0 Å². The molecule has 0 aliphatic carbocycles. The van der Waals surface area contributed by atoms with Crippen LogP contribution in [-0.4, -0.2) is 70.9 Å². The van der Waals surface area contributed by atoms with Crippen LogP contribution in [0.25, 0.3) is 11.1 Å². The summed E-state index contributed by atoms with van der Waals surface area (Å²) in [4.78, 5) is 41.5. The highest BCUT2D eigenvalue weighted by Crippen LogP contribution is 2.41. The van der Waals surface area contributed by atoms with Crippen LogP contribution < -0.4 is 21.0 Å². The smallest absolute Gasteiger partial charge is 0.247 e. The van der Waals surface area contributed by atoms with E-state index in [1.54, 1.807) is 5.48 Å². The number of nitrogens with one attached hydrogen (secondary N) is 3. The minimum Gasteiger partial charge on any atom is -0.392 e. The minimum atomic E-state index is -0.623. The first-order valence-electron chi connectivity index (χ1n) is 19.1. The molecule has 4 aromatic rings. The first-order valence-corrected chi connectivity index (χ1v) is 19.1. The summed E-state index contributed by atoms with van der Waals surface area (Å²) in [5.41, 5.74) is 7.74. The molecular weight excluding hydrogens is 699 g/mol. The van der Waals surface area contributed by atoms with Crippen molar-refractivity contribution in [1.82, 2.24) is 21.0 Å². The van der Waals surface area contributed by atoms with E-state index in [9.17, 15) is 19.5 Å². The lowest BCUT2D eigenvalue weighted by Crippen LogP contribution is -2.57. The maximum atomic E-state index is 13.3. The van der Waals surface area contributed by atoms with Gasteiger partial charge >= 0.3 is 0 Å². The minimum absolute atomic E-state index is 0.0256. The number of para-hydroxylation sites is 1. The Morgan fingerprint density at radius 1 is 0.818 bits per heavy atom. The lowest BCUT2D eigenvalue weighted by atomic mass is 9.85. The van der Waals surface area contributed by atoms with Crippen molar-refractivity contribution in [2.75, 3.05) is 31.2 Å². The van der Waals surface area contributed by atoms with Crippen LogP contribution in [0.15, 0.2) is 103 Å². The van der Waals surface area contributed by atoms with Crippen molar-refractivity contribution in [2.45, 2.75) is 75.7 Å². The molecule has 5 N–H and O–H groups in total. The molecule has 3 amide bonds. The summed E-state index contributed by atoms with van der Waals surface area (Å²) in [6, 6.07) is 34.2. The Morgan fingerprint density at radius 3 is 2.29 bits per heavy atom. The molecule has 3 aliphatic heterocycles. The van der Waals surface area contributed by atoms with Gasteiger partial charge in [0.25, 0.3) is 0 Å². The van der Waals surface area contributed by atoms with E-state index in [4.69, 9.17) is 14.7 Å². The number of carbonyl (C=O) groups excluding carboxylic acids is 3. The van der Waals surface area contributed by atoms with E-state index < -0.39 is 17.7 Å². The van der Waals surface area contributed by atoms with Gasteiger partial charge in [0.15, 0.2) is 6.29 Å². The SMILES string of the molecule is O=C(CCCC(=O)NCc1cccc(-c2cccc([C@@H]3O[C@H](CN4CCC5(CC4)C(=O)NCN5c4ccccc4)C[C@H](c4ccc(CO)cc4)O3)c2)c1)NO. The molecule has 7 rings (SSSR count). The molecule has 0 radical (unpaired) electrons. The maximum Gasteiger partial charge on any atom is 0.247 e. The molecule has 0 unspecified atom stereocenters. The zero-order chi connectivity index (χ0) is 38.2. The molecule has 4 aromatic carbocycles. The van der Waals surface area contributed by atoms with E-state index in [1.807, 2.05) is 84.9 Å². The van der Waals surface area contributed by atoms with Crippen LogP contribution in [0.3, 0.4) is 0 Å². The molecule has 288 valence electrons. The number of hydrogen-bond donors (Lipinski definition) is 5. The summed E-state index contributed by atoms with van der Waals surface area (Å²) in [6.45, 7) is 3.08. The number of amides is 3. The molecule has 3 fully saturated rings. The third-order valence-electron chi connectivity index (χ3n) is 11.0. The average Bonchev–Trinajstić information content (AvgIpc) is 3.55. The number of aliphatic hydroxyl groups excluding tert-OH is 1. The van der Waals surface area contributed by atoms with Crippen LogP contribution in [0, 0.1) is 0 Å². The predicted octanol–water partition coefficient (Wildman–Crippen LogP) is 5.11. The molecule has 3 heterocycles. The average molecular weight is 748 g/mol. The fourth-order valence-corrected chi connectivity index (χ4v) is 7.94. The van der Waals surface area contributed by atoms with Gasteiger partial charge in [-0.15, -0.1) is 0 Å². The molecule has 55 heavy (non-hydrogen) atoms. The number of piperidine rings is 1. The molecule has 12 heteroatoms. The summed E-state index contributed by atoms with van der Waals surface area (Å²) in [7, 11) is 0. The van der Waals surface area contributed by atoms with E-state index in [-0.39, 0.29) is 43.5 Å². The van der Waals surface area contributed by atoms with Crippen molar-refractivity contribution in [1.29, 1.82) is 0 Å². The zero-order valence-electron chi connectivity index (χ0n) is 30.9. The number of rotatable bonds is 13. The Balaban J connectivity index is 1.04. The Kier molecular flexibility index (Phi) is 12.2.